The van der Waals surface area contributed by atoms with Crippen LogP contribution in [0, 0.1) is 5.92 Å². The van der Waals surface area contributed by atoms with E-state index in [1.807, 2.05) is 0 Å². The molecule has 0 aromatic heterocycles. The topological polar surface area (TPSA) is 66.4 Å². The van der Waals surface area contributed by atoms with E-state index in [1.54, 1.807) is 0 Å². The van der Waals surface area contributed by atoms with E-state index in [-0.39, 0.29) is 18.9 Å². The number of hydrogen-bond acceptors (Lipinski definition) is 3. The largest absolute Gasteiger partial charge is 0.481 e. The van der Waals surface area contributed by atoms with Crippen molar-refractivity contribution in [1.29, 1.82) is 0 Å². The monoisotopic (exact) mass is 257 g/mol. The third-order valence-electron chi connectivity index (χ3n) is 2.22. The lowest BCUT2D eigenvalue weighted by atomic mass is 9.80. The number of thioether (sulfide) groups is 1. The molecule has 0 saturated heterocycles. The number of nitrogens with one attached hydrogen (secondary N) is 1. The van der Waals surface area contributed by atoms with Gasteiger partial charge in [-0.1, -0.05) is 0 Å². The van der Waals surface area contributed by atoms with Crippen LogP contribution in [0.3, 0.4) is 0 Å². The number of halogens is 3. The number of carboxylic acid groups (broad SMARTS) is 1. The Bertz CT molecular complexity index is 289. The summed E-state index contributed by atoms with van der Waals surface area (Å²) in [6, 6.07) is -0.303. The summed E-state index contributed by atoms with van der Waals surface area (Å²) < 4.78 is 35.2. The molecule has 0 spiro atoms. The molecular weight excluding hydrogens is 247 g/mol. The molecule has 8 heteroatoms. The molecule has 1 rings (SSSR count). The summed E-state index contributed by atoms with van der Waals surface area (Å²) in [6.45, 7) is 0. The van der Waals surface area contributed by atoms with Gasteiger partial charge in [-0.05, 0) is 24.6 Å². The summed E-state index contributed by atoms with van der Waals surface area (Å²) >= 11 is -0.403. The van der Waals surface area contributed by atoms with Crippen molar-refractivity contribution in [3.63, 3.8) is 0 Å². The van der Waals surface area contributed by atoms with Crippen LogP contribution < -0.4 is 5.32 Å². The van der Waals surface area contributed by atoms with Crippen LogP contribution in [0.4, 0.5) is 13.2 Å². The zero-order valence-corrected chi connectivity index (χ0v) is 8.90. The molecule has 0 radical (unpaired) electrons. The van der Waals surface area contributed by atoms with Crippen molar-refractivity contribution in [3.8, 4) is 0 Å². The highest BCUT2D eigenvalue weighted by atomic mass is 32.2. The number of carboxylic acids is 1. The van der Waals surface area contributed by atoms with E-state index in [4.69, 9.17) is 5.11 Å². The maximum absolute atomic E-state index is 11.7. The molecule has 0 aromatic carbocycles. The van der Waals surface area contributed by atoms with E-state index in [0.29, 0.717) is 0 Å². The first kappa shape index (κ1) is 13.1. The minimum absolute atomic E-state index is 0.289. The summed E-state index contributed by atoms with van der Waals surface area (Å²) in [7, 11) is 0. The van der Waals surface area contributed by atoms with E-state index in [2.05, 4.69) is 5.32 Å². The molecule has 1 amide bonds. The lowest BCUT2D eigenvalue weighted by Gasteiger charge is -2.32. The minimum Gasteiger partial charge on any atom is -0.481 e. The zero-order chi connectivity index (χ0) is 12.3. The second-order valence-corrected chi connectivity index (χ2v) is 4.55. The van der Waals surface area contributed by atoms with Gasteiger partial charge < -0.3 is 10.4 Å². The van der Waals surface area contributed by atoms with Gasteiger partial charge in [0.1, 0.15) is 0 Å². The summed E-state index contributed by atoms with van der Waals surface area (Å²) in [5.74, 6) is -2.82. The molecule has 0 aliphatic heterocycles. The minimum atomic E-state index is -4.42. The molecule has 92 valence electrons. The van der Waals surface area contributed by atoms with Crippen molar-refractivity contribution in [1.82, 2.24) is 5.32 Å². The molecule has 0 bridgehead atoms. The first-order chi connectivity index (χ1) is 7.28. The average Bonchev–Trinajstić information content (AvgIpc) is 2.05. The predicted octanol–water partition coefficient (Wildman–Crippen LogP) is 1.22. The molecule has 0 heterocycles. The van der Waals surface area contributed by atoms with Crippen molar-refractivity contribution >= 4 is 23.6 Å². The fourth-order valence-electron chi connectivity index (χ4n) is 1.35. The molecule has 0 atom stereocenters. The van der Waals surface area contributed by atoms with Crippen molar-refractivity contribution < 1.29 is 27.9 Å². The molecular formula is C8H10F3NO3S. The van der Waals surface area contributed by atoms with Crippen LogP contribution in [0.5, 0.6) is 0 Å². The lowest BCUT2D eigenvalue weighted by Crippen LogP contribution is -2.47. The van der Waals surface area contributed by atoms with Crippen LogP contribution in [0.1, 0.15) is 12.8 Å². The molecule has 0 aromatic rings. The van der Waals surface area contributed by atoms with Gasteiger partial charge in [-0.25, -0.2) is 0 Å². The third-order valence-corrected chi connectivity index (χ3v) is 2.95. The molecule has 1 saturated carbocycles. The van der Waals surface area contributed by atoms with E-state index >= 15 is 0 Å². The van der Waals surface area contributed by atoms with E-state index in [1.165, 1.54) is 0 Å². The van der Waals surface area contributed by atoms with Crippen molar-refractivity contribution in [2.45, 2.75) is 24.4 Å². The Labute approximate surface area is 93.6 Å². The molecule has 2 N–H and O–H groups in total. The number of amides is 1. The normalized spacial score (nSPS) is 24.7. The Morgan fingerprint density at radius 1 is 1.38 bits per heavy atom. The maximum Gasteiger partial charge on any atom is 0.442 e. The van der Waals surface area contributed by atoms with Crippen LogP contribution in [-0.2, 0) is 9.59 Å². The van der Waals surface area contributed by atoms with Gasteiger partial charge in [0.2, 0.25) is 5.91 Å². The van der Waals surface area contributed by atoms with Crippen LogP contribution in [-0.4, -0.2) is 34.3 Å². The van der Waals surface area contributed by atoms with E-state index in [0.717, 1.165) is 0 Å². The fraction of sp³-hybridized carbons (Fsp3) is 0.750. The SMILES string of the molecule is O=C(CSC(F)(F)F)NC1CC(C(=O)O)C1. The third kappa shape index (κ3) is 4.30. The highest BCUT2D eigenvalue weighted by molar-refractivity contribution is 8.00. The number of carbonyl (C=O) groups is 2. The second kappa shape index (κ2) is 4.94. The van der Waals surface area contributed by atoms with Gasteiger partial charge in [0.05, 0.1) is 11.7 Å². The second-order valence-electron chi connectivity index (χ2n) is 3.51. The van der Waals surface area contributed by atoms with E-state index in [9.17, 15) is 22.8 Å². The Kier molecular flexibility index (Phi) is 4.06. The first-order valence-corrected chi connectivity index (χ1v) is 5.49. The average molecular weight is 257 g/mol. The number of rotatable bonds is 4. The van der Waals surface area contributed by atoms with Gasteiger partial charge in [0, 0.05) is 6.04 Å². The summed E-state index contributed by atoms with van der Waals surface area (Å²) in [5.41, 5.74) is -4.42. The van der Waals surface area contributed by atoms with Crippen LogP contribution in [0.25, 0.3) is 0 Å². The Hall–Kier alpha value is -0.920. The molecule has 16 heavy (non-hydrogen) atoms. The molecule has 1 aliphatic rings. The standard InChI is InChI=1S/C8H10F3NO3S/c9-8(10,11)16-3-6(13)12-5-1-4(2-5)7(14)15/h4-5H,1-3H2,(H,12,13)(H,14,15). The molecule has 1 aliphatic carbocycles. The lowest BCUT2D eigenvalue weighted by molar-refractivity contribution is -0.146. The van der Waals surface area contributed by atoms with Gasteiger partial charge in [0.25, 0.3) is 0 Å². The van der Waals surface area contributed by atoms with Crippen molar-refractivity contribution in [2.24, 2.45) is 5.92 Å². The van der Waals surface area contributed by atoms with E-state index < -0.39 is 40.8 Å². The van der Waals surface area contributed by atoms with Gasteiger partial charge >= 0.3 is 11.5 Å². The van der Waals surface area contributed by atoms with Crippen LogP contribution in [0.15, 0.2) is 0 Å². The number of alkyl halides is 3. The maximum atomic E-state index is 11.7. The predicted molar refractivity (Wildman–Crippen MR) is 50.8 cm³/mol. The highest BCUT2D eigenvalue weighted by Crippen LogP contribution is 2.30. The van der Waals surface area contributed by atoms with Gasteiger partial charge in [-0.2, -0.15) is 13.2 Å². The molecule has 1 fully saturated rings. The number of hydrogen-bond donors (Lipinski definition) is 2. The summed E-state index contributed by atoms with van der Waals surface area (Å²) in [6.07, 6.45) is 0.579. The molecule has 0 unspecified atom stereocenters. The van der Waals surface area contributed by atoms with Crippen LogP contribution >= 0.6 is 11.8 Å². The zero-order valence-electron chi connectivity index (χ0n) is 8.08. The molecule has 4 nitrogen and oxygen atoms in total. The van der Waals surface area contributed by atoms with Gasteiger partial charge in [0.15, 0.2) is 0 Å². The smallest absolute Gasteiger partial charge is 0.442 e. The number of carbonyl (C=O) groups excluding carboxylic acids is 1. The Balaban J connectivity index is 2.15. The Morgan fingerprint density at radius 2 is 1.94 bits per heavy atom. The number of aliphatic carboxylic acids is 1. The summed E-state index contributed by atoms with van der Waals surface area (Å²) in [4.78, 5) is 21.4. The Morgan fingerprint density at radius 3 is 2.38 bits per heavy atom. The highest BCUT2D eigenvalue weighted by Gasteiger charge is 2.36. The fourth-order valence-corrected chi connectivity index (χ4v) is 1.73. The first-order valence-electron chi connectivity index (χ1n) is 4.51. The van der Waals surface area contributed by atoms with Crippen LogP contribution in [0.2, 0.25) is 0 Å². The quantitative estimate of drug-likeness (QED) is 0.794. The summed E-state index contributed by atoms with van der Waals surface area (Å²) in [5, 5.41) is 10.9. The van der Waals surface area contributed by atoms with Crippen molar-refractivity contribution in [3.05, 3.63) is 0 Å². The van der Waals surface area contributed by atoms with Gasteiger partial charge in [-0.3, -0.25) is 9.59 Å². The van der Waals surface area contributed by atoms with Crippen molar-refractivity contribution in [2.75, 3.05) is 5.75 Å². The van der Waals surface area contributed by atoms with Gasteiger partial charge in [-0.15, -0.1) is 0 Å².